The van der Waals surface area contributed by atoms with Gasteiger partial charge in [-0.3, -0.25) is 4.57 Å². The molecule has 0 radical (unpaired) electrons. The van der Waals surface area contributed by atoms with Crippen molar-refractivity contribution in [1.82, 2.24) is 24.1 Å². The van der Waals surface area contributed by atoms with Gasteiger partial charge in [-0.2, -0.15) is 9.38 Å². The highest BCUT2D eigenvalue weighted by atomic mass is 32.2. The number of nitro groups is 1. The summed E-state index contributed by atoms with van der Waals surface area (Å²) in [6, 6.07) is 9.64. The van der Waals surface area contributed by atoms with E-state index in [9.17, 15) is 10.1 Å². The molecule has 4 aromatic heterocycles. The van der Waals surface area contributed by atoms with Gasteiger partial charge in [0.1, 0.15) is 0 Å². The SMILES string of the molecule is O=[N+]([O-])c1c(Sc2nnc(-c3cccs3)n2C2CC2)nc2ccccn12. The van der Waals surface area contributed by atoms with Gasteiger partial charge in [0.05, 0.1) is 11.1 Å². The molecule has 0 aromatic carbocycles. The summed E-state index contributed by atoms with van der Waals surface area (Å²) >= 11 is 2.81. The van der Waals surface area contributed by atoms with Crippen LogP contribution >= 0.6 is 23.1 Å². The summed E-state index contributed by atoms with van der Waals surface area (Å²) in [6.45, 7) is 0. The highest BCUT2D eigenvalue weighted by Gasteiger charge is 2.32. The Labute approximate surface area is 155 Å². The summed E-state index contributed by atoms with van der Waals surface area (Å²) in [5.41, 5.74) is 0.540. The van der Waals surface area contributed by atoms with Gasteiger partial charge in [0.25, 0.3) is 0 Å². The third kappa shape index (κ3) is 2.49. The lowest BCUT2D eigenvalue weighted by Crippen LogP contribution is -1.99. The number of thiophene rings is 1. The van der Waals surface area contributed by atoms with Crippen LogP contribution in [0.2, 0.25) is 0 Å². The molecule has 1 aliphatic rings. The minimum atomic E-state index is -0.402. The minimum Gasteiger partial charge on any atom is -0.358 e. The van der Waals surface area contributed by atoms with Crippen LogP contribution in [-0.2, 0) is 0 Å². The Balaban J connectivity index is 1.62. The largest absolute Gasteiger partial charge is 0.362 e. The van der Waals surface area contributed by atoms with Crippen molar-refractivity contribution in [2.24, 2.45) is 0 Å². The number of imidazole rings is 1. The number of rotatable bonds is 5. The smallest absolute Gasteiger partial charge is 0.358 e. The molecule has 0 unspecified atom stereocenters. The van der Waals surface area contributed by atoms with Crippen molar-refractivity contribution >= 4 is 34.6 Å². The number of fused-ring (bicyclic) bond motifs is 1. The van der Waals surface area contributed by atoms with Crippen LogP contribution in [-0.4, -0.2) is 29.1 Å². The number of pyridine rings is 1. The van der Waals surface area contributed by atoms with E-state index in [0.29, 0.717) is 21.9 Å². The third-order valence-electron chi connectivity index (χ3n) is 4.15. The van der Waals surface area contributed by atoms with Gasteiger partial charge in [-0.05, 0) is 47.0 Å². The van der Waals surface area contributed by atoms with Crippen LogP contribution in [0.15, 0.2) is 52.1 Å². The van der Waals surface area contributed by atoms with Crippen LogP contribution in [0.25, 0.3) is 16.3 Å². The fourth-order valence-corrected chi connectivity index (χ4v) is 4.56. The molecule has 130 valence electrons. The van der Waals surface area contributed by atoms with Gasteiger partial charge >= 0.3 is 5.82 Å². The fourth-order valence-electron chi connectivity index (χ4n) is 2.86. The lowest BCUT2D eigenvalue weighted by atomic mass is 10.4. The molecule has 10 heteroatoms. The van der Waals surface area contributed by atoms with E-state index in [1.807, 2.05) is 23.6 Å². The summed E-state index contributed by atoms with van der Waals surface area (Å²) in [5, 5.41) is 23.2. The maximum absolute atomic E-state index is 11.6. The van der Waals surface area contributed by atoms with Crippen LogP contribution in [0.4, 0.5) is 5.82 Å². The summed E-state index contributed by atoms with van der Waals surface area (Å²) < 4.78 is 3.57. The first-order valence-electron chi connectivity index (χ1n) is 8.00. The topological polar surface area (TPSA) is 91.1 Å². The van der Waals surface area contributed by atoms with Crippen LogP contribution in [0, 0.1) is 10.1 Å². The first-order chi connectivity index (χ1) is 12.7. The second-order valence-electron chi connectivity index (χ2n) is 5.91. The molecule has 4 heterocycles. The summed E-state index contributed by atoms with van der Waals surface area (Å²) in [6.07, 6.45) is 3.78. The van der Waals surface area contributed by atoms with E-state index >= 15 is 0 Å². The maximum Gasteiger partial charge on any atom is 0.362 e. The molecule has 0 aliphatic heterocycles. The van der Waals surface area contributed by atoms with Gasteiger partial charge in [0.2, 0.25) is 10.7 Å². The van der Waals surface area contributed by atoms with E-state index in [-0.39, 0.29) is 5.82 Å². The first kappa shape index (κ1) is 15.5. The molecular weight excluding hydrogens is 372 g/mol. The second-order valence-corrected chi connectivity index (χ2v) is 7.82. The van der Waals surface area contributed by atoms with Crippen LogP contribution in [0.5, 0.6) is 0 Å². The lowest BCUT2D eigenvalue weighted by molar-refractivity contribution is -0.393. The highest BCUT2D eigenvalue weighted by molar-refractivity contribution is 7.99. The zero-order chi connectivity index (χ0) is 17.7. The number of hydrogen-bond donors (Lipinski definition) is 0. The molecule has 0 amide bonds. The Bertz CT molecular complexity index is 1110. The summed E-state index contributed by atoms with van der Waals surface area (Å²) in [5.74, 6) is 0.769. The number of nitrogens with zero attached hydrogens (tertiary/aromatic N) is 6. The molecule has 5 rings (SSSR count). The molecule has 8 nitrogen and oxygen atoms in total. The van der Waals surface area contributed by atoms with Gasteiger partial charge in [0.15, 0.2) is 11.0 Å². The van der Waals surface area contributed by atoms with Crippen molar-refractivity contribution < 1.29 is 4.92 Å². The third-order valence-corrected chi connectivity index (χ3v) is 5.95. The van der Waals surface area contributed by atoms with Gasteiger partial charge in [-0.1, -0.05) is 12.1 Å². The number of aromatic nitrogens is 5. The lowest BCUT2D eigenvalue weighted by Gasteiger charge is -2.06. The van der Waals surface area contributed by atoms with Crippen molar-refractivity contribution in [2.75, 3.05) is 0 Å². The van der Waals surface area contributed by atoms with E-state index in [1.165, 1.54) is 16.2 Å². The van der Waals surface area contributed by atoms with Crippen molar-refractivity contribution in [3.05, 3.63) is 52.0 Å². The molecular formula is C16H12N6O2S2. The normalized spacial score (nSPS) is 14.2. The average molecular weight is 384 g/mol. The van der Waals surface area contributed by atoms with Crippen LogP contribution in [0.3, 0.4) is 0 Å². The van der Waals surface area contributed by atoms with Crippen LogP contribution < -0.4 is 0 Å². The molecule has 0 N–H and O–H groups in total. The van der Waals surface area contributed by atoms with Crippen molar-refractivity contribution in [3.63, 3.8) is 0 Å². The predicted octanol–water partition coefficient (Wildman–Crippen LogP) is 4.05. The van der Waals surface area contributed by atoms with Crippen LogP contribution in [0.1, 0.15) is 18.9 Å². The van der Waals surface area contributed by atoms with E-state index in [2.05, 4.69) is 19.7 Å². The fraction of sp³-hybridized carbons (Fsp3) is 0.188. The number of hydrogen-bond acceptors (Lipinski definition) is 7. The molecule has 1 fully saturated rings. The Morgan fingerprint density at radius 3 is 2.85 bits per heavy atom. The van der Waals surface area contributed by atoms with Gasteiger partial charge in [-0.25, -0.2) is 0 Å². The van der Waals surface area contributed by atoms with E-state index in [1.54, 1.807) is 29.7 Å². The quantitative estimate of drug-likeness (QED) is 0.381. The molecule has 0 bridgehead atoms. The highest BCUT2D eigenvalue weighted by Crippen LogP contribution is 2.44. The molecule has 26 heavy (non-hydrogen) atoms. The van der Waals surface area contributed by atoms with Gasteiger partial charge in [-0.15, -0.1) is 21.5 Å². The van der Waals surface area contributed by atoms with E-state index < -0.39 is 4.92 Å². The van der Waals surface area contributed by atoms with Crippen molar-refractivity contribution in [1.29, 1.82) is 0 Å². The zero-order valence-electron chi connectivity index (χ0n) is 13.3. The van der Waals surface area contributed by atoms with Crippen molar-refractivity contribution in [3.8, 4) is 10.7 Å². The average Bonchev–Trinajstić information content (AvgIpc) is 3.06. The predicted molar refractivity (Wildman–Crippen MR) is 97.6 cm³/mol. The van der Waals surface area contributed by atoms with E-state index in [4.69, 9.17) is 0 Å². The van der Waals surface area contributed by atoms with Gasteiger partial charge in [0, 0.05) is 12.1 Å². The Morgan fingerprint density at radius 2 is 2.12 bits per heavy atom. The maximum atomic E-state index is 11.6. The Hall–Kier alpha value is -2.72. The molecule has 0 spiro atoms. The standard InChI is InChI=1S/C16H12N6O2S2/c23-22(24)15-14(17-12-5-1-2-8-20(12)15)26-16-19-18-13(11-4-3-9-25-11)21(16)10-6-7-10/h1-5,8-10H,6-7H2. The molecule has 0 saturated heterocycles. The van der Waals surface area contributed by atoms with Gasteiger partial charge < -0.3 is 10.1 Å². The zero-order valence-corrected chi connectivity index (χ0v) is 15.0. The molecule has 1 aliphatic carbocycles. The minimum absolute atomic E-state index is 0.0476. The molecule has 4 aromatic rings. The molecule has 0 atom stereocenters. The second kappa shape index (κ2) is 5.92. The first-order valence-corrected chi connectivity index (χ1v) is 9.70. The summed E-state index contributed by atoms with van der Waals surface area (Å²) in [4.78, 5) is 16.7. The van der Waals surface area contributed by atoms with Crippen molar-refractivity contribution in [2.45, 2.75) is 29.1 Å². The molecule has 1 saturated carbocycles. The Morgan fingerprint density at radius 1 is 1.23 bits per heavy atom. The Kier molecular flexibility index (Phi) is 3.54. The van der Waals surface area contributed by atoms with E-state index in [0.717, 1.165) is 23.5 Å². The summed E-state index contributed by atoms with van der Waals surface area (Å²) in [7, 11) is 0. The monoisotopic (exact) mass is 384 g/mol.